The van der Waals surface area contributed by atoms with Crippen LogP contribution in [0.4, 0.5) is 0 Å². The minimum Gasteiger partial charge on any atom is -0.490 e. The number of ether oxygens (including phenoxy) is 2. The summed E-state index contributed by atoms with van der Waals surface area (Å²) in [4.78, 5) is 12.5. The summed E-state index contributed by atoms with van der Waals surface area (Å²) in [5, 5.41) is 0.625. The number of sulfonamides is 1. The molecule has 156 valence electrons. The number of piperidine rings is 1. The highest BCUT2D eigenvalue weighted by Gasteiger charge is 2.32. The number of benzene rings is 2. The maximum Gasteiger partial charge on any atom is 0.309 e. The predicted octanol–water partition coefficient (Wildman–Crippen LogP) is 3.67. The Labute approximate surface area is 176 Å². The highest BCUT2D eigenvalue weighted by atomic mass is 35.5. The summed E-state index contributed by atoms with van der Waals surface area (Å²) in [7, 11) is -3.53. The van der Waals surface area contributed by atoms with Crippen molar-refractivity contribution >= 4 is 27.6 Å². The third-order valence-electron chi connectivity index (χ3n) is 4.86. The number of carbonyl (C=O) groups is 1. The number of nitrogens with zero attached hydrogens (tertiary/aromatic N) is 1. The van der Waals surface area contributed by atoms with E-state index in [1.165, 1.54) is 4.31 Å². The number of carbonyl (C=O) groups excluding carboxylic acids is 1. The van der Waals surface area contributed by atoms with Crippen LogP contribution in [0.3, 0.4) is 0 Å². The van der Waals surface area contributed by atoms with Crippen LogP contribution in [0.15, 0.2) is 53.4 Å². The van der Waals surface area contributed by atoms with Gasteiger partial charge < -0.3 is 9.47 Å². The number of hydrogen-bond donors (Lipinski definition) is 0. The predicted molar refractivity (Wildman–Crippen MR) is 111 cm³/mol. The standard InChI is InChI=1S/C21H24ClNO5S/c1-16-2-8-20(9-3-16)29(25,26)23-12-10-17(11-13-23)21(24)28-15-14-27-19-6-4-18(22)5-7-19/h2-9,17H,10-15H2,1H3. The Morgan fingerprint density at radius 1 is 1.03 bits per heavy atom. The number of halogens is 1. The van der Waals surface area contributed by atoms with E-state index in [9.17, 15) is 13.2 Å². The molecule has 2 aromatic carbocycles. The lowest BCUT2D eigenvalue weighted by atomic mass is 9.98. The Kier molecular flexibility index (Phi) is 7.16. The smallest absolute Gasteiger partial charge is 0.309 e. The van der Waals surface area contributed by atoms with Crippen molar-refractivity contribution in [3.63, 3.8) is 0 Å². The summed E-state index contributed by atoms with van der Waals surface area (Å²) in [6.45, 7) is 2.90. The van der Waals surface area contributed by atoms with Crippen molar-refractivity contribution < 1.29 is 22.7 Å². The van der Waals surface area contributed by atoms with Gasteiger partial charge in [0.2, 0.25) is 10.0 Å². The van der Waals surface area contributed by atoms with Gasteiger partial charge >= 0.3 is 5.97 Å². The Hall–Kier alpha value is -2.09. The third kappa shape index (κ3) is 5.72. The monoisotopic (exact) mass is 437 g/mol. The molecule has 0 aromatic heterocycles. The molecule has 1 aliphatic rings. The SMILES string of the molecule is Cc1ccc(S(=O)(=O)N2CCC(C(=O)OCCOc3ccc(Cl)cc3)CC2)cc1. The zero-order valence-electron chi connectivity index (χ0n) is 16.2. The second kappa shape index (κ2) is 9.61. The van der Waals surface area contributed by atoms with Crippen molar-refractivity contribution in [2.24, 2.45) is 5.92 Å². The van der Waals surface area contributed by atoms with Crippen LogP contribution in [0, 0.1) is 12.8 Å². The molecule has 3 rings (SSSR count). The minimum absolute atomic E-state index is 0.142. The average molecular weight is 438 g/mol. The molecule has 1 fully saturated rings. The Morgan fingerprint density at radius 2 is 1.66 bits per heavy atom. The molecule has 2 aromatic rings. The van der Waals surface area contributed by atoms with Gasteiger partial charge in [0.05, 0.1) is 10.8 Å². The molecule has 8 heteroatoms. The Morgan fingerprint density at radius 3 is 2.28 bits per heavy atom. The van der Waals surface area contributed by atoms with Crippen LogP contribution in [-0.2, 0) is 19.6 Å². The number of aryl methyl sites for hydroxylation is 1. The van der Waals surface area contributed by atoms with E-state index in [1.807, 2.05) is 6.92 Å². The first-order chi connectivity index (χ1) is 13.9. The lowest BCUT2D eigenvalue weighted by molar-refractivity contribution is -0.150. The fourth-order valence-corrected chi connectivity index (χ4v) is 4.74. The van der Waals surface area contributed by atoms with E-state index in [0.717, 1.165) is 5.56 Å². The first-order valence-corrected chi connectivity index (χ1v) is 11.3. The molecule has 0 aliphatic carbocycles. The molecule has 1 saturated heterocycles. The van der Waals surface area contributed by atoms with Crippen molar-refractivity contribution in [3.8, 4) is 5.75 Å². The molecule has 0 spiro atoms. The van der Waals surface area contributed by atoms with E-state index in [0.29, 0.717) is 36.7 Å². The lowest BCUT2D eigenvalue weighted by Crippen LogP contribution is -2.40. The summed E-state index contributed by atoms with van der Waals surface area (Å²) in [5.74, 6) is 0.0483. The Bertz CT molecular complexity index is 921. The largest absolute Gasteiger partial charge is 0.490 e. The minimum atomic E-state index is -3.53. The maximum atomic E-state index is 12.7. The van der Waals surface area contributed by atoms with Gasteiger partial charge in [0, 0.05) is 18.1 Å². The van der Waals surface area contributed by atoms with Gasteiger partial charge in [-0.3, -0.25) is 4.79 Å². The summed E-state index contributed by atoms with van der Waals surface area (Å²) >= 11 is 5.81. The molecule has 1 heterocycles. The molecule has 6 nitrogen and oxygen atoms in total. The summed E-state index contributed by atoms with van der Waals surface area (Å²) < 4.78 is 37.7. The van der Waals surface area contributed by atoms with E-state index >= 15 is 0 Å². The van der Waals surface area contributed by atoms with E-state index in [1.54, 1.807) is 48.5 Å². The molecular formula is C21H24ClNO5S. The van der Waals surface area contributed by atoms with Crippen LogP contribution in [0.5, 0.6) is 5.75 Å². The highest BCUT2D eigenvalue weighted by Crippen LogP contribution is 2.25. The van der Waals surface area contributed by atoms with Crippen LogP contribution >= 0.6 is 11.6 Å². The normalized spacial score (nSPS) is 15.8. The van der Waals surface area contributed by atoms with Crippen LogP contribution in [0.25, 0.3) is 0 Å². The van der Waals surface area contributed by atoms with Gasteiger partial charge in [-0.15, -0.1) is 0 Å². The van der Waals surface area contributed by atoms with Gasteiger partial charge in [-0.1, -0.05) is 29.3 Å². The lowest BCUT2D eigenvalue weighted by Gasteiger charge is -2.30. The molecule has 0 N–H and O–H groups in total. The average Bonchev–Trinajstić information content (AvgIpc) is 2.73. The molecule has 29 heavy (non-hydrogen) atoms. The maximum absolute atomic E-state index is 12.7. The van der Waals surface area contributed by atoms with Gasteiger partial charge in [-0.2, -0.15) is 4.31 Å². The van der Waals surface area contributed by atoms with Crippen LogP contribution in [-0.4, -0.2) is 45.0 Å². The van der Waals surface area contributed by atoms with E-state index in [4.69, 9.17) is 21.1 Å². The highest BCUT2D eigenvalue weighted by molar-refractivity contribution is 7.89. The van der Waals surface area contributed by atoms with E-state index < -0.39 is 10.0 Å². The van der Waals surface area contributed by atoms with Crippen LogP contribution < -0.4 is 4.74 Å². The summed E-state index contributed by atoms with van der Waals surface area (Å²) in [6.07, 6.45) is 0.893. The van der Waals surface area contributed by atoms with Crippen LogP contribution in [0.2, 0.25) is 5.02 Å². The van der Waals surface area contributed by atoms with Crippen molar-refractivity contribution in [2.75, 3.05) is 26.3 Å². The summed E-state index contributed by atoms with van der Waals surface area (Å²) in [6, 6.07) is 13.7. The van der Waals surface area contributed by atoms with Crippen molar-refractivity contribution in [1.82, 2.24) is 4.31 Å². The first-order valence-electron chi connectivity index (χ1n) is 9.48. The molecular weight excluding hydrogens is 414 g/mol. The molecule has 0 radical (unpaired) electrons. The second-order valence-corrected chi connectivity index (χ2v) is 9.34. The first kappa shape index (κ1) is 21.6. The molecule has 0 amide bonds. The molecule has 0 atom stereocenters. The fourth-order valence-electron chi connectivity index (χ4n) is 3.14. The zero-order chi connectivity index (χ0) is 20.9. The van der Waals surface area contributed by atoms with Gasteiger partial charge in [0.1, 0.15) is 19.0 Å². The topological polar surface area (TPSA) is 72.9 Å². The van der Waals surface area contributed by atoms with Gasteiger partial charge in [-0.05, 0) is 56.2 Å². The van der Waals surface area contributed by atoms with Gasteiger partial charge in [-0.25, -0.2) is 8.42 Å². The van der Waals surface area contributed by atoms with E-state index in [-0.39, 0.29) is 30.0 Å². The van der Waals surface area contributed by atoms with Crippen molar-refractivity contribution in [1.29, 1.82) is 0 Å². The summed E-state index contributed by atoms with van der Waals surface area (Å²) in [5.41, 5.74) is 1.01. The molecule has 0 unspecified atom stereocenters. The van der Waals surface area contributed by atoms with E-state index in [2.05, 4.69) is 0 Å². The van der Waals surface area contributed by atoms with Gasteiger partial charge in [0.15, 0.2) is 0 Å². The Balaban J connectivity index is 1.43. The van der Waals surface area contributed by atoms with Crippen LogP contribution in [0.1, 0.15) is 18.4 Å². The number of rotatable bonds is 7. The third-order valence-corrected chi connectivity index (χ3v) is 7.02. The van der Waals surface area contributed by atoms with Gasteiger partial charge in [0.25, 0.3) is 0 Å². The molecule has 0 bridgehead atoms. The molecule has 0 saturated carbocycles. The quantitative estimate of drug-likeness (QED) is 0.488. The number of hydrogen-bond acceptors (Lipinski definition) is 5. The van der Waals surface area contributed by atoms with Crippen molar-refractivity contribution in [2.45, 2.75) is 24.7 Å². The fraction of sp³-hybridized carbons (Fsp3) is 0.381. The van der Waals surface area contributed by atoms with Crippen molar-refractivity contribution in [3.05, 3.63) is 59.1 Å². The molecule has 1 aliphatic heterocycles. The second-order valence-electron chi connectivity index (χ2n) is 6.96. The number of esters is 1. The zero-order valence-corrected chi connectivity index (χ0v) is 17.8.